The summed E-state index contributed by atoms with van der Waals surface area (Å²) < 4.78 is 31.7. The Hall–Kier alpha value is -5.25. The van der Waals surface area contributed by atoms with Gasteiger partial charge in [-0.15, -0.1) is 0 Å². The highest BCUT2D eigenvalue weighted by molar-refractivity contribution is 7.99. The molecule has 0 bridgehead atoms. The normalized spacial score (nSPS) is 12.9. The predicted molar refractivity (Wildman–Crippen MR) is 175 cm³/mol. The molecule has 0 saturated carbocycles. The van der Waals surface area contributed by atoms with Gasteiger partial charge in [0, 0.05) is 35.7 Å². The predicted octanol–water partition coefficient (Wildman–Crippen LogP) is 3.06. The monoisotopic (exact) mass is 687 g/mol. The lowest BCUT2D eigenvalue weighted by Gasteiger charge is -2.32. The Kier molecular flexibility index (Phi) is 13.6. The molecule has 3 aromatic carbocycles. The van der Waals surface area contributed by atoms with Crippen molar-refractivity contribution in [3.05, 3.63) is 84.4 Å². The molecule has 0 radical (unpaired) electrons. The molecule has 0 fully saturated rings. The van der Waals surface area contributed by atoms with Gasteiger partial charge in [0.25, 0.3) is 0 Å². The standard InChI is InChI=1S/C30H35N7O3S.C2HF3O2/c31-28(39)22(19-20-9-2-1-3-10-20)36-29(40)21(11-8-17-34-30(32)33)35-27(38)16-18-37-23-12-4-6-14-25(23)41-26-15-7-5-13-24(26)37;3-2(4,5)1(6)7/h1-7,9-10,12-15,21-22H,8,11,16-19H2,(H2,31,39)(H,35,38)(H,36,40)(H4,32,33,34);(H,6,7)/t21-,22-;/m0./s1. The third-order valence-corrected chi connectivity index (χ3v) is 8.01. The quantitative estimate of drug-likeness (QED) is 0.0886. The minimum atomic E-state index is -5.08. The Bertz CT molecular complexity index is 1560. The van der Waals surface area contributed by atoms with E-state index in [2.05, 4.69) is 32.7 Å². The number of alkyl halides is 3. The summed E-state index contributed by atoms with van der Waals surface area (Å²) in [5.74, 6) is -4.25. The van der Waals surface area contributed by atoms with Crippen LogP contribution in [0, 0.1) is 0 Å². The second-order valence-corrected chi connectivity index (χ2v) is 11.5. The van der Waals surface area contributed by atoms with E-state index in [0.29, 0.717) is 19.5 Å². The molecule has 1 heterocycles. The maximum absolute atomic E-state index is 13.3. The number of halogens is 3. The van der Waals surface area contributed by atoms with E-state index in [1.807, 2.05) is 66.7 Å². The van der Waals surface area contributed by atoms with E-state index in [-0.39, 0.29) is 31.1 Å². The summed E-state index contributed by atoms with van der Waals surface area (Å²) in [7, 11) is 0. The summed E-state index contributed by atoms with van der Waals surface area (Å²) in [4.78, 5) is 55.9. The summed E-state index contributed by atoms with van der Waals surface area (Å²) >= 11 is 1.70. The van der Waals surface area contributed by atoms with Crippen LogP contribution in [0.4, 0.5) is 24.5 Å². The number of carboxylic acid groups (broad SMARTS) is 1. The Labute approximate surface area is 278 Å². The molecule has 12 nitrogen and oxygen atoms in total. The Morgan fingerprint density at radius 2 is 1.38 bits per heavy atom. The smallest absolute Gasteiger partial charge is 0.475 e. The summed E-state index contributed by atoms with van der Waals surface area (Å²) in [6.45, 7) is 0.713. The molecule has 2 atom stereocenters. The zero-order valence-electron chi connectivity index (χ0n) is 25.7. The number of carbonyl (C=O) groups excluding carboxylic acids is 3. The van der Waals surface area contributed by atoms with Crippen LogP contribution < -0.4 is 32.7 Å². The van der Waals surface area contributed by atoms with E-state index in [4.69, 9.17) is 27.1 Å². The molecule has 4 rings (SSSR count). The number of nitrogens with one attached hydrogen (secondary N) is 2. The minimum Gasteiger partial charge on any atom is -0.475 e. The van der Waals surface area contributed by atoms with Gasteiger partial charge in [0.15, 0.2) is 5.96 Å². The van der Waals surface area contributed by atoms with E-state index in [1.54, 1.807) is 11.8 Å². The summed E-state index contributed by atoms with van der Waals surface area (Å²) in [5, 5.41) is 12.7. The van der Waals surface area contributed by atoms with Crippen LogP contribution in [-0.4, -0.2) is 66.1 Å². The number of amides is 3. The van der Waals surface area contributed by atoms with Gasteiger partial charge in [-0.1, -0.05) is 66.4 Å². The van der Waals surface area contributed by atoms with Gasteiger partial charge in [-0.3, -0.25) is 19.4 Å². The van der Waals surface area contributed by atoms with E-state index >= 15 is 0 Å². The lowest BCUT2D eigenvalue weighted by molar-refractivity contribution is -0.192. The first-order valence-corrected chi connectivity index (χ1v) is 15.5. The van der Waals surface area contributed by atoms with Crippen LogP contribution in [0.3, 0.4) is 0 Å². The number of benzene rings is 3. The van der Waals surface area contributed by atoms with Gasteiger partial charge in [-0.2, -0.15) is 13.2 Å². The van der Waals surface area contributed by atoms with Gasteiger partial charge in [0.2, 0.25) is 17.7 Å². The molecule has 1 aliphatic rings. The maximum atomic E-state index is 13.3. The molecule has 3 aromatic rings. The van der Waals surface area contributed by atoms with Gasteiger partial charge >= 0.3 is 12.1 Å². The molecule has 0 aromatic heterocycles. The Balaban J connectivity index is 0.000000804. The fourth-order valence-corrected chi connectivity index (χ4v) is 5.71. The number of carbonyl (C=O) groups is 4. The van der Waals surface area contributed by atoms with Crippen molar-refractivity contribution in [1.29, 1.82) is 0 Å². The van der Waals surface area contributed by atoms with Crippen molar-refractivity contribution in [3.63, 3.8) is 0 Å². The van der Waals surface area contributed by atoms with Gasteiger partial charge in [0.05, 0.1) is 11.4 Å². The highest BCUT2D eigenvalue weighted by Crippen LogP contribution is 2.47. The fourth-order valence-electron chi connectivity index (χ4n) is 4.62. The first-order valence-electron chi connectivity index (χ1n) is 14.7. The number of carboxylic acids is 1. The molecule has 1 aliphatic heterocycles. The molecular weight excluding hydrogens is 651 g/mol. The molecule has 0 unspecified atom stereocenters. The first kappa shape index (κ1) is 37.2. The van der Waals surface area contributed by atoms with Gasteiger partial charge < -0.3 is 37.8 Å². The average Bonchev–Trinajstić information content (AvgIpc) is 3.04. The summed E-state index contributed by atoms with van der Waals surface area (Å²) in [5.41, 5.74) is 19.4. The third-order valence-electron chi connectivity index (χ3n) is 6.88. The molecule has 48 heavy (non-hydrogen) atoms. The van der Waals surface area contributed by atoms with E-state index in [0.717, 1.165) is 26.7 Å². The number of guanidine groups is 1. The Morgan fingerprint density at radius 1 is 0.833 bits per heavy atom. The van der Waals surface area contributed by atoms with Gasteiger partial charge in [-0.05, 0) is 42.7 Å². The topological polar surface area (TPSA) is 206 Å². The van der Waals surface area contributed by atoms with Crippen LogP contribution in [0.2, 0.25) is 0 Å². The first-order chi connectivity index (χ1) is 22.8. The number of aliphatic carboxylic acids is 1. The molecule has 0 aliphatic carbocycles. The second kappa shape index (κ2) is 17.6. The number of hydrogen-bond acceptors (Lipinski definition) is 7. The van der Waals surface area contributed by atoms with Crippen molar-refractivity contribution in [2.75, 3.05) is 18.0 Å². The fraction of sp³-hybridized carbons (Fsp3) is 0.281. The number of primary amides is 1. The number of nitrogens with zero attached hydrogens (tertiary/aromatic N) is 2. The summed E-state index contributed by atoms with van der Waals surface area (Å²) in [6.07, 6.45) is -3.98. The molecular formula is C32H36F3N7O5S. The van der Waals surface area contributed by atoms with Crippen LogP contribution in [0.5, 0.6) is 0 Å². The highest BCUT2D eigenvalue weighted by atomic mass is 32.2. The van der Waals surface area contributed by atoms with Crippen LogP contribution in [-0.2, 0) is 25.6 Å². The summed E-state index contributed by atoms with van der Waals surface area (Å²) in [6, 6.07) is 23.6. The maximum Gasteiger partial charge on any atom is 0.490 e. The number of hydrogen-bond donors (Lipinski definition) is 6. The van der Waals surface area contributed by atoms with E-state index in [9.17, 15) is 27.6 Å². The van der Waals surface area contributed by atoms with Crippen LogP contribution in [0.15, 0.2) is 93.6 Å². The number of fused-ring (bicyclic) bond motifs is 2. The Morgan fingerprint density at radius 3 is 1.90 bits per heavy atom. The molecule has 16 heteroatoms. The molecule has 0 saturated heterocycles. The van der Waals surface area contributed by atoms with Crippen molar-refractivity contribution >= 4 is 52.8 Å². The van der Waals surface area contributed by atoms with E-state index in [1.165, 1.54) is 0 Å². The second-order valence-electron chi connectivity index (χ2n) is 10.5. The van der Waals surface area contributed by atoms with Gasteiger partial charge in [-0.25, -0.2) is 4.79 Å². The van der Waals surface area contributed by atoms with Crippen LogP contribution >= 0.6 is 11.8 Å². The molecule has 3 amide bonds. The molecule has 9 N–H and O–H groups in total. The largest absolute Gasteiger partial charge is 0.490 e. The highest BCUT2D eigenvalue weighted by Gasteiger charge is 2.38. The zero-order chi connectivity index (χ0) is 35.3. The SMILES string of the molecule is NC(=O)[C@H](Cc1ccccc1)NC(=O)[C@H](CCCN=C(N)N)NC(=O)CCN1c2ccccc2Sc2ccccc21.O=C(O)C(F)(F)F. The number of rotatable bonds is 13. The van der Waals surface area contributed by atoms with Gasteiger partial charge in [0.1, 0.15) is 12.1 Å². The van der Waals surface area contributed by atoms with Crippen molar-refractivity contribution in [3.8, 4) is 0 Å². The zero-order valence-corrected chi connectivity index (χ0v) is 26.5. The third kappa shape index (κ3) is 11.5. The van der Waals surface area contributed by atoms with Crippen LogP contribution in [0.1, 0.15) is 24.8 Å². The molecule has 0 spiro atoms. The van der Waals surface area contributed by atoms with E-state index < -0.39 is 36.0 Å². The van der Waals surface area contributed by atoms with Crippen LogP contribution in [0.25, 0.3) is 0 Å². The number of aliphatic imine (C=N–C) groups is 1. The average molecular weight is 688 g/mol. The van der Waals surface area contributed by atoms with Crippen molar-refractivity contribution in [1.82, 2.24) is 10.6 Å². The number of para-hydroxylation sites is 2. The van der Waals surface area contributed by atoms with Crippen molar-refractivity contribution < 1.29 is 37.5 Å². The van der Waals surface area contributed by atoms with Crippen molar-refractivity contribution in [2.24, 2.45) is 22.2 Å². The molecule has 256 valence electrons. The number of anilines is 2. The number of nitrogens with two attached hydrogens (primary N) is 3. The lowest BCUT2D eigenvalue weighted by Crippen LogP contribution is -2.53. The minimum absolute atomic E-state index is 0.0491. The lowest BCUT2D eigenvalue weighted by atomic mass is 10.0. The van der Waals surface area contributed by atoms with Crippen molar-refractivity contribution in [2.45, 2.75) is 53.7 Å².